The van der Waals surface area contributed by atoms with Crippen LogP contribution in [0.4, 0.5) is 4.39 Å². The van der Waals surface area contributed by atoms with E-state index in [0.29, 0.717) is 11.3 Å². The molecule has 4 nitrogen and oxygen atoms in total. The van der Waals surface area contributed by atoms with Gasteiger partial charge in [-0.3, -0.25) is 4.79 Å². The molecular formula is C15H11FO4. The predicted octanol–water partition coefficient (Wildman–Crippen LogP) is 3.52. The number of Topliss-reactive ketones (excluding diaryl/α,β-unsaturated/α-hetero) is 1. The average Bonchev–Trinajstić information content (AvgIpc) is 2.39. The Balaban J connectivity index is 2.33. The zero-order valence-corrected chi connectivity index (χ0v) is 10.6. The molecule has 0 aliphatic carbocycles. The number of carbonyl (C=O) groups excluding carboxylic acids is 1. The molecule has 5 heteroatoms. The standard InChI is InChI=1S/C15H11FO4/c1-9(17)10-5-7-11(8-6-10)20-13-4-2-3-12(16)14(13)15(18)19/h2-8H,1H3,(H,18,19). The summed E-state index contributed by atoms with van der Waals surface area (Å²) in [5, 5.41) is 8.98. The van der Waals surface area contributed by atoms with Gasteiger partial charge in [-0.25, -0.2) is 9.18 Å². The first kappa shape index (κ1) is 13.7. The summed E-state index contributed by atoms with van der Waals surface area (Å²) in [5.41, 5.74) is -0.0156. The summed E-state index contributed by atoms with van der Waals surface area (Å²) in [4.78, 5) is 22.1. The smallest absolute Gasteiger partial charge is 0.342 e. The summed E-state index contributed by atoms with van der Waals surface area (Å²) >= 11 is 0. The zero-order chi connectivity index (χ0) is 14.7. The highest BCUT2D eigenvalue weighted by atomic mass is 19.1. The lowest BCUT2D eigenvalue weighted by Crippen LogP contribution is -2.03. The van der Waals surface area contributed by atoms with Crippen molar-refractivity contribution in [3.8, 4) is 11.5 Å². The Hall–Kier alpha value is -2.69. The van der Waals surface area contributed by atoms with E-state index in [4.69, 9.17) is 9.84 Å². The fraction of sp³-hybridized carbons (Fsp3) is 0.0667. The Kier molecular flexibility index (Phi) is 3.79. The average molecular weight is 274 g/mol. The number of carboxylic acid groups (broad SMARTS) is 1. The van der Waals surface area contributed by atoms with Gasteiger partial charge in [-0.1, -0.05) is 6.07 Å². The van der Waals surface area contributed by atoms with E-state index in [0.717, 1.165) is 6.07 Å². The number of ketones is 1. The molecule has 0 heterocycles. The van der Waals surface area contributed by atoms with Crippen molar-refractivity contribution < 1.29 is 23.8 Å². The lowest BCUT2D eigenvalue weighted by molar-refractivity contribution is 0.0688. The normalized spacial score (nSPS) is 10.1. The van der Waals surface area contributed by atoms with Gasteiger partial charge in [-0.15, -0.1) is 0 Å². The number of ether oxygens (including phenoxy) is 1. The molecule has 0 saturated carbocycles. The number of hydrogen-bond donors (Lipinski definition) is 1. The zero-order valence-electron chi connectivity index (χ0n) is 10.6. The minimum absolute atomic E-state index is 0.0893. The molecule has 0 spiro atoms. The predicted molar refractivity (Wildman–Crippen MR) is 69.9 cm³/mol. The van der Waals surface area contributed by atoms with Gasteiger partial charge in [-0.05, 0) is 43.3 Å². The SMILES string of the molecule is CC(=O)c1ccc(Oc2cccc(F)c2C(=O)O)cc1. The van der Waals surface area contributed by atoms with Gasteiger partial charge in [0.2, 0.25) is 0 Å². The van der Waals surface area contributed by atoms with E-state index in [1.54, 1.807) is 12.1 Å². The second-order valence-corrected chi connectivity index (χ2v) is 4.10. The molecule has 0 saturated heterocycles. The number of rotatable bonds is 4. The summed E-state index contributed by atoms with van der Waals surface area (Å²) < 4.78 is 18.8. The molecule has 102 valence electrons. The van der Waals surface area contributed by atoms with Crippen LogP contribution in [0.1, 0.15) is 27.6 Å². The Bertz CT molecular complexity index is 662. The van der Waals surface area contributed by atoms with Crippen molar-refractivity contribution in [3.05, 3.63) is 59.4 Å². The molecular weight excluding hydrogens is 263 g/mol. The summed E-state index contributed by atoms with van der Waals surface area (Å²) in [6, 6.07) is 9.93. The van der Waals surface area contributed by atoms with Crippen molar-refractivity contribution in [1.29, 1.82) is 0 Å². The second kappa shape index (κ2) is 5.52. The maximum atomic E-state index is 13.5. The fourth-order valence-corrected chi connectivity index (χ4v) is 1.68. The van der Waals surface area contributed by atoms with Crippen molar-refractivity contribution >= 4 is 11.8 Å². The Morgan fingerprint density at radius 1 is 1.10 bits per heavy atom. The molecule has 0 bridgehead atoms. The van der Waals surface area contributed by atoms with Crippen LogP contribution < -0.4 is 4.74 Å². The molecule has 1 N–H and O–H groups in total. The van der Waals surface area contributed by atoms with Crippen molar-refractivity contribution in [3.63, 3.8) is 0 Å². The maximum absolute atomic E-state index is 13.5. The highest BCUT2D eigenvalue weighted by Crippen LogP contribution is 2.27. The van der Waals surface area contributed by atoms with Crippen LogP contribution in [-0.2, 0) is 0 Å². The van der Waals surface area contributed by atoms with Crippen LogP contribution in [0, 0.1) is 5.82 Å². The van der Waals surface area contributed by atoms with Crippen LogP contribution in [-0.4, -0.2) is 16.9 Å². The third-order valence-corrected chi connectivity index (χ3v) is 2.68. The highest BCUT2D eigenvalue weighted by Gasteiger charge is 2.17. The van der Waals surface area contributed by atoms with Crippen LogP contribution in [0.15, 0.2) is 42.5 Å². The van der Waals surface area contributed by atoms with Gasteiger partial charge in [0.05, 0.1) is 0 Å². The lowest BCUT2D eigenvalue weighted by atomic mass is 10.1. The van der Waals surface area contributed by atoms with E-state index in [-0.39, 0.29) is 11.5 Å². The van der Waals surface area contributed by atoms with E-state index in [1.165, 1.54) is 31.2 Å². The Morgan fingerprint density at radius 2 is 1.75 bits per heavy atom. The van der Waals surface area contributed by atoms with Gasteiger partial charge in [0.15, 0.2) is 5.78 Å². The minimum Gasteiger partial charge on any atom is -0.477 e. The fourth-order valence-electron chi connectivity index (χ4n) is 1.68. The lowest BCUT2D eigenvalue weighted by Gasteiger charge is -2.09. The first-order chi connectivity index (χ1) is 9.49. The molecule has 0 atom stereocenters. The van der Waals surface area contributed by atoms with Gasteiger partial charge in [-0.2, -0.15) is 0 Å². The molecule has 0 aliphatic heterocycles. The number of aromatic carboxylic acids is 1. The van der Waals surface area contributed by atoms with Crippen molar-refractivity contribution in [2.75, 3.05) is 0 Å². The van der Waals surface area contributed by atoms with Gasteiger partial charge >= 0.3 is 5.97 Å². The summed E-state index contributed by atoms with van der Waals surface area (Å²) in [5.74, 6) is -2.13. The molecule has 0 aromatic heterocycles. The largest absolute Gasteiger partial charge is 0.477 e. The van der Waals surface area contributed by atoms with Crippen LogP contribution in [0.25, 0.3) is 0 Å². The first-order valence-electron chi connectivity index (χ1n) is 5.79. The summed E-state index contributed by atoms with van der Waals surface area (Å²) in [6.07, 6.45) is 0. The van der Waals surface area contributed by atoms with Crippen molar-refractivity contribution in [2.45, 2.75) is 6.92 Å². The minimum atomic E-state index is -1.40. The molecule has 2 aromatic rings. The molecule has 0 amide bonds. The Labute approximate surface area is 114 Å². The van der Waals surface area contributed by atoms with Gasteiger partial charge < -0.3 is 9.84 Å². The van der Waals surface area contributed by atoms with E-state index in [9.17, 15) is 14.0 Å². The van der Waals surface area contributed by atoms with Crippen LogP contribution in [0.5, 0.6) is 11.5 Å². The summed E-state index contributed by atoms with van der Waals surface area (Å²) in [7, 11) is 0. The van der Waals surface area contributed by atoms with E-state index in [2.05, 4.69) is 0 Å². The van der Waals surface area contributed by atoms with E-state index < -0.39 is 17.3 Å². The quantitative estimate of drug-likeness (QED) is 0.866. The Morgan fingerprint density at radius 3 is 2.30 bits per heavy atom. The molecule has 2 rings (SSSR count). The van der Waals surface area contributed by atoms with E-state index >= 15 is 0 Å². The number of carbonyl (C=O) groups is 2. The van der Waals surface area contributed by atoms with Gasteiger partial charge in [0.1, 0.15) is 22.9 Å². The molecule has 0 unspecified atom stereocenters. The van der Waals surface area contributed by atoms with Gasteiger partial charge in [0, 0.05) is 5.56 Å². The third-order valence-electron chi connectivity index (χ3n) is 2.68. The maximum Gasteiger partial charge on any atom is 0.342 e. The second-order valence-electron chi connectivity index (χ2n) is 4.10. The molecule has 0 aliphatic rings. The van der Waals surface area contributed by atoms with Crippen LogP contribution in [0.2, 0.25) is 0 Å². The van der Waals surface area contributed by atoms with Crippen LogP contribution in [0.3, 0.4) is 0 Å². The number of benzene rings is 2. The highest BCUT2D eigenvalue weighted by molar-refractivity contribution is 5.94. The number of hydrogen-bond acceptors (Lipinski definition) is 3. The molecule has 20 heavy (non-hydrogen) atoms. The topological polar surface area (TPSA) is 63.6 Å². The first-order valence-corrected chi connectivity index (χ1v) is 5.79. The summed E-state index contributed by atoms with van der Waals surface area (Å²) in [6.45, 7) is 1.44. The number of halogens is 1. The van der Waals surface area contributed by atoms with Crippen molar-refractivity contribution in [1.82, 2.24) is 0 Å². The van der Waals surface area contributed by atoms with Crippen molar-refractivity contribution in [2.24, 2.45) is 0 Å². The molecule has 2 aromatic carbocycles. The van der Waals surface area contributed by atoms with Gasteiger partial charge in [0.25, 0.3) is 0 Å². The third kappa shape index (κ3) is 2.83. The molecule has 0 radical (unpaired) electrons. The molecule has 0 fully saturated rings. The van der Waals surface area contributed by atoms with Crippen LogP contribution >= 0.6 is 0 Å². The monoisotopic (exact) mass is 274 g/mol. The van der Waals surface area contributed by atoms with E-state index in [1.807, 2.05) is 0 Å². The number of carboxylic acids is 1.